The van der Waals surface area contributed by atoms with Crippen molar-refractivity contribution in [3.63, 3.8) is 0 Å². The third kappa shape index (κ3) is 4.27. The number of benzene rings is 2. The molecule has 0 amide bonds. The number of anilines is 1. The predicted molar refractivity (Wildman–Crippen MR) is 105 cm³/mol. The number of nitrogens with one attached hydrogen (secondary N) is 2. The van der Waals surface area contributed by atoms with Crippen LogP contribution in [-0.4, -0.2) is 16.0 Å². The van der Waals surface area contributed by atoms with E-state index in [-0.39, 0.29) is 0 Å². The third-order valence-electron chi connectivity index (χ3n) is 4.88. The number of aromatic nitrogens is 2. The smallest absolute Gasteiger partial charge is 0.223 e. The van der Waals surface area contributed by atoms with Crippen LogP contribution >= 0.6 is 0 Å². The molecule has 0 radical (unpaired) electrons. The normalized spacial score (nSPS) is 16.1. The van der Waals surface area contributed by atoms with Gasteiger partial charge in [0.25, 0.3) is 0 Å². The Kier molecular flexibility index (Phi) is 5.22. The van der Waals surface area contributed by atoms with E-state index in [2.05, 4.69) is 58.1 Å². The lowest BCUT2D eigenvalue weighted by molar-refractivity contribution is 0.452. The van der Waals surface area contributed by atoms with Gasteiger partial charge >= 0.3 is 0 Å². The minimum absolute atomic E-state index is 0.495. The van der Waals surface area contributed by atoms with Crippen LogP contribution in [0.4, 0.5) is 5.95 Å². The molecule has 132 valence electrons. The minimum Gasteiger partial charge on any atom is -0.350 e. The standard InChI is InChI=1S/C22H24N4/c1-3-7-17(8-4-1)14-23-20-11-12-21-19(13-20)16-25-22(26-21)24-15-18-9-5-2-6-10-18/h1-10,16,20,23H,11-15H2,(H,24,25,26)/t20-/m1/s1. The van der Waals surface area contributed by atoms with E-state index in [1.807, 2.05) is 24.4 Å². The van der Waals surface area contributed by atoms with Crippen LogP contribution in [0.5, 0.6) is 0 Å². The maximum absolute atomic E-state index is 4.73. The number of nitrogens with zero attached hydrogens (tertiary/aromatic N) is 2. The summed E-state index contributed by atoms with van der Waals surface area (Å²) in [5, 5.41) is 7.00. The minimum atomic E-state index is 0.495. The van der Waals surface area contributed by atoms with E-state index in [1.54, 1.807) is 0 Å². The van der Waals surface area contributed by atoms with Crippen molar-refractivity contribution >= 4 is 5.95 Å². The summed E-state index contributed by atoms with van der Waals surface area (Å²) in [6.45, 7) is 1.67. The Morgan fingerprint density at radius 1 is 0.885 bits per heavy atom. The highest BCUT2D eigenvalue weighted by Gasteiger charge is 2.20. The first-order chi connectivity index (χ1) is 12.9. The van der Waals surface area contributed by atoms with E-state index in [1.165, 1.54) is 22.4 Å². The van der Waals surface area contributed by atoms with Crippen molar-refractivity contribution in [2.75, 3.05) is 5.32 Å². The fraction of sp³-hybridized carbons (Fsp3) is 0.273. The summed E-state index contributed by atoms with van der Waals surface area (Å²) in [7, 11) is 0. The first kappa shape index (κ1) is 16.7. The molecule has 1 aliphatic rings. The first-order valence-electron chi connectivity index (χ1n) is 9.27. The molecule has 4 nitrogen and oxygen atoms in total. The van der Waals surface area contributed by atoms with Crippen LogP contribution in [0.25, 0.3) is 0 Å². The van der Waals surface area contributed by atoms with Crippen molar-refractivity contribution in [2.24, 2.45) is 0 Å². The number of hydrogen-bond donors (Lipinski definition) is 2. The molecule has 0 saturated heterocycles. The molecular formula is C22H24N4. The van der Waals surface area contributed by atoms with Gasteiger partial charge in [0.2, 0.25) is 5.95 Å². The van der Waals surface area contributed by atoms with Crippen molar-refractivity contribution in [3.05, 3.63) is 89.2 Å². The zero-order chi connectivity index (χ0) is 17.6. The highest BCUT2D eigenvalue weighted by atomic mass is 15.1. The van der Waals surface area contributed by atoms with Crippen LogP contribution < -0.4 is 10.6 Å². The summed E-state index contributed by atoms with van der Waals surface area (Å²) in [4.78, 5) is 9.24. The number of aryl methyl sites for hydroxylation is 1. The molecule has 0 fully saturated rings. The van der Waals surface area contributed by atoms with Crippen molar-refractivity contribution in [1.82, 2.24) is 15.3 Å². The average Bonchev–Trinajstić information content (AvgIpc) is 2.72. The van der Waals surface area contributed by atoms with Crippen LogP contribution in [0, 0.1) is 0 Å². The molecular weight excluding hydrogens is 320 g/mol. The molecule has 2 aromatic carbocycles. The highest BCUT2D eigenvalue weighted by molar-refractivity contribution is 5.33. The quantitative estimate of drug-likeness (QED) is 0.715. The summed E-state index contributed by atoms with van der Waals surface area (Å²) in [6, 6.07) is 21.4. The Hall–Kier alpha value is -2.72. The van der Waals surface area contributed by atoms with Crippen LogP contribution in [-0.2, 0) is 25.9 Å². The molecule has 26 heavy (non-hydrogen) atoms. The second-order valence-electron chi connectivity index (χ2n) is 6.81. The second kappa shape index (κ2) is 8.11. The maximum Gasteiger partial charge on any atom is 0.223 e. The Morgan fingerprint density at radius 3 is 2.31 bits per heavy atom. The van der Waals surface area contributed by atoms with E-state index in [0.717, 1.165) is 38.3 Å². The summed E-state index contributed by atoms with van der Waals surface area (Å²) < 4.78 is 0. The van der Waals surface area contributed by atoms with Crippen molar-refractivity contribution in [1.29, 1.82) is 0 Å². The van der Waals surface area contributed by atoms with Crippen LogP contribution in [0.3, 0.4) is 0 Å². The fourth-order valence-electron chi connectivity index (χ4n) is 3.40. The fourth-order valence-corrected chi connectivity index (χ4v) is 3.40. The zero-order valence-corrected chi connectivity index (χ0v) is 14.9. The van der Waals surface area contributed by atoms with E-state index >= 15 is 0 Å². The van der Waals surface area contributed by atoms with Gasteiger partial charge in [-0.2, -0.15) is 0 Å². The molecule has 0 unspecified atom stereocenters. The molecule has 0 saturated carbocycles. The zero-order valence-electron chi connectivity index (χ0n) is 14.9. The third-order valence-corrected chi connectivity index (χ3v) is 4.88. The molecule has 3 aromatic rings. The lowest BCUT2D eigenvalue weighted by atomic mass is 9.92. The van der Waals surface area contributed by atoms with Crippen molar-refractivity contribution in [3.8, 4) is 0 Å². The van der Waals surface area contributed by atoms with Gasteiger partial charge in [-0.15, -0.1) is 0 Å². The second-order valence-corrected chi connectivity index (χ2v) is 6.81. The predicted octanol–water partition coefficient (Wildman–Crippen LogP) is 3.74. The Bertz CT molecular complexity index is 833. The Morgan fingerprint density at radius 2 is 1.58 bits per heavy atom. The average molecular weight is 344 g/mol. The van der Waals surface area contributed by atoms with Gasteiger partial charge in [0, 0.05) is 31.0 Å². The van der Waals surface area contributed by atoms with Crippen LogP contribution in [0.2, 0.25) is 0 Å². The van der Waals surface area contributed by atoms with Gasteiger partial charge in [-0.1, -0.05) is 60.7 Å². The van der Waals surface area contributed by atoms with Gasteiger partial charge < -0.3 is 10.6 Å². The Balaban J connectivity index is 1.33. The molecule has 1 atom stereocenters. The van der Waals surface area contributed by atoms with Gasteiger partial charge in [0.05, 0.1) is 0 Å². The molecule has 4 rings (SSSR count). The van der Waals surface area contributed by atoms with Crippen molar-refractivity contribution < 1.29 is 0 Å². The SMILES string of the molecule is c1ccc(CNc2ncc3c(n2)CC[C@@H](NCc2ccccc2)C3)cc1. The van der Waals surface area contributed by atoms with Gasteiger partial charge in [-0.25, -0.2) is 9.97 Å². The summed E-state index contributed by atoms with van der Waals surface area (Å²) in [5.41, 5.74) is 5.02. The van der Waals surface area contributed by atoms with Crippen LogP contribution in [0.15, 0.2) is 66.9 Å². The molecule has 1 heterocycles. The van der Waals surface area contributed by atoms with Crippen LogP contribution in [0.1, 0.15) is 28.8 Å². The first-order valence-corrected chi connectivity index (χ1v) is 9.27. The summed E-state index contributed by atoms with van der Waals surface area (Å²) >= 11 is 0. The molecule has 4 heteroatoms. The van der Waals surface area contributed by atoms with Gasteiger partial charge in [0.15, 0.2) is 0 Å². The monoisotopic (exact) mass is 344 g/mol. The van der Waals surface area contributed by atoms with Gasteiger partial charge in [-0.3, -0.25) is 0 Å². The molecule has 1 aromatic heterocycles. The molecule has 0 spiro atoms. The number of fused-ring (bicyclic) bond motifs is 1. The maximum atomic E-state index is 4.73. The summed E-state index contributed by atoms with van der Waals surface area (Å²) in [6.07, 6.45) is 5.12. The van der Waals surface area contributed by atoms with Gasteiger partial charge in [0.1, 0.15) is 0 Å². The molecule has 0 aliphatic heterocycles. The van der Waals surface area contributed by atoms with E-state index in [4.69, 9.17) is 4.98 Å². The van der Waals surface area contributed by atoms with E-state index in [9.17, 15) is 0 Å². The summed E-state index contributed by atoms with van der Waals surface area (Å²) in [5.74, 6) is 0.725. The molecule has 0 bridgehead atoms. The van der Waals surface area contributed by atoms with Crippen molar-refractivity contribution in [2.45, 2.75) is 38.4 Å². The lowest BCUT2D eigenvalue weighted by Gasteiger charge is -2.25. The Labute approximate surface area is 154 Å². The highest BCUT2D eigenvalue weighted by Crippen LogP contribution is 2.21. The van der Waals surface area contributed by atoms with E-state index in [0.29, 0.717) is 6.04 Å². The largest absolute Gasteiger partial charge is 0.350 e. The molecule has 1 aliphatic carbocycles. The van der Waals surface area contributed by atoms with Gasteiger partial charge in [-0.05, 0) is 36.0 Å². The van der Waals surface area contributed by atoms with E-state index < -0.39 is 0 Å². The topological polar surface area (TPSA) is 49.8 Å². The molecule has 2 N–H and O–H groups in total. The lowest BCUT2D eigenvalue weighted by Crippen LogP contribution is -2.34. The number of hydrogen-bond acceptors (Lipinski definition) is 4. The number of rotatable bonds is 6.